The molecule has 102 valence electrons. The molecule has 0 bridgehead atoms. The highest BCUT2D eigenvalue weighted by Crippen LogP contribution is 2.20. The fourth-order valence-electron chi connectivity index (χ4n) is 1.92. The lowest BCUT2D eigenvalue weighted by Crippen LogP contribution is -2.17. The van der Waals surface area contributed by atoms with E-state index in [4.69, 9.17) is 5.73 Å². The van der Waals surface area contributed by atoms with Crippen molar-refractivity contribution >= 4 is 0 Å². The normalized spacial score (nSPS) is 12.7. The van der Waals surface area contributed by atoms with Crippen LogP contribution < -0.4 is 5.73 Å². The fourth-order valence-corrected chi connectivity index (χ4v) is 1.92. The third-order valence-corrected chi connectivity index (χ3v) is 2.98. The summed E-state index contributed by atoms with van der Waals surface area (Å²) in [6.45, 7) is 2.68. The van der Waals surface area contributed by atoms with Crippen molar-refractivity contribution in [1.29, 1.82) is 0 Å². The highest BCUT2D eigenvalue weighted by atomic mass is 19.2. The minimum absolute atomic E-state index is 0.210. The second-order valence-electron chi connectivity index (χ2n) is 4.24. The number of nitrogens with two attached hydrogens (primary N) is 1. The molecule has 1 atom stereocenters. The number of aromatic nitrogens is 2. The first-order valence-electron chi connectivity index (χ1n) is 5.93. The average molecular weight is 269 g/mol. The Kier molecular flexibility index (Phi) is 3.90. The monoisotopic (exact) mass is 269 g/mol. The molecule has 1 heterocycles. The summed E-state index contributed by atoms with van der Waals surface area (Å²) in [5.74, 6) is -3.22. The summed E-state index contributed by atoms with van der Waals surface area (Å²) in [6, 6.07) is 1.20. The maximum Gasteiger partial charge on any atom is 0.194 e. The minimum Gasteiger partial charge on any atom is -0.335 e. The Hall–Kier alpha value is -1.82. The van der Waals surface area contributed by atoms with Crippen molar-refractivity contribution in [2.45, 2.75) is 25.9 Å². The van der Waals surface area contributed by atoms with Crippen LogP contribution in [0.1, 0.15) is 24.4 Å². The molecule has 2 N–H and O–H groups in total. The largest absolute Gasteiger partial charge is 0.335 e. The molecule has 0 aliphatic carbocycles. The highest BCUT2D eigenvalue weighted by molar-refractivity contribution is 5.23. The Bertz CT molecular complexity index is 557. The Morgan fingerprint density at radius 1 is 1.26 bits per heavy atom. The molecule has 0 spiro atoms. The van der Waals surface area contributed by atoms with Gasteiger partial charge in [0.1, 0.15) is 5.82 Å². The van der Waals surface area contributed by atoms with Crippen molar-refractivity contribution in [3.63, 3.8) is 0 Å². The summed E-state index contributed by atoms with van der Waals surface area (Å²) in [4.78, 5) is 4.14. The summed E-state index contributed by atoms with van der Waals surface area (Å²) < 4.78 is 41.0. The second-order valence-corrected chi connectivity index (χ2v) is 4.24. The molecule has 3 nitrogen and oxygen atoms in total. The molecule has 0 amide bonds. The van der Waals surface area contributed by atoms with E-state index in [9.17, 15) is 13.2 Å². The van der Waals surface area contributed by atoms with Crippen LogP contribution in [0.2, 0.25) is 0 Å². The Labute approximate surface area is 108 Å². The van der Waals surface area contributed by atoms with E-state index in [2.05, 4.69) is 4.98 Å². The standard InChI is InChI=1S/C13H14F3N3/c1-2-19-4-3-18-12(19)7-11(17)8-5-9(14)13(16)10(15)6-8/h3-6,11H,2,7,17H2,1H3. The molecule has 2 rings (SSSR count). The van der Waals surface area contributed by atoms with Gasteiger partial charge in [-0.1, -0.05) is 0 Å². The third kappa shape index (κ3) is 2.78. The molecule has 0 radical (unpaired) electrons. The molecule has 0 aliphatic heterocycles. The van der Waals surface area contributed by atoms with E-state index < -0.39 is 23.5 Å². The van der Waals surface area contributed by atoms with Crippen molar-refractivity contribution in [1.82, 2.24) is 9.55 Å². The number of imidazole rings is 1. The molecule has 0 saturated heterocycles. The lowest BCUT2D eigenvalue weighted by atomic mass is 10.0. The minimum atomic E-state index is -1.48. The quantitative estimate of drug-likeness (QED) is 0.867. The van der Waals surface area contributed by atoms with Gasteiger partial charge in [-0.25, -0.2) is 18.2 Å². The van der Waals surface area contributed by atoms with Crippen molar-refractivity contribution in [2.24, 2.45) is 5.73 Å². The van der Waals surface area contributed by atoms with E-state index in [1.165, 1.54) is 0 Å². The molecule has 2 aromatic rings. The van der Waals surface area contributed by atoms with Gasteiger partial charge in [-0.05, 0) is 24.6 Å². The van der Waals surface area contributed by atoms with Gasteiger partial charge in [0.2, 0.25) is 0 Å². The van der Waals surface area contributed by atoms with Crippen molar-refractivity contribution < 1.29 is 13.2 Å². The topological polar surface area (TPSA) is 43.8 Å². The van der Waals surface area contributed by atoms with Crippen molar-refractivity contribution in [3.8, 4) is 0 Å². The van der Waals surface area contributed by atoms with Crippen LogP contribution in [0.4, 0.5) is 13.2 Å². The Morgan fingerprint density at radius 2 is 1.89 bits per heavy atom. The Balaban J connectivity index is 2.23. The fraction of sp³-hybridized carbons (Fsp3) is 0.308. The number of rotatable bonds is 4. The predicted molar refractivity (Wildman–Crippen MR) is 64.8 cm³/mol. The van der Waals surface area contributed by atoms with Crippen LogP contribution >= 0.6 is 0 Å². The molecule has 19 heavy (non-hydrogen) atoms. The van der Waals surface area contributed by atoms with Crippen LogP contribution in [0.5, 0.6) is 0 Å². The van der Waals surface area contributed by atoms with Crippen LogP contribution in [-0.2, 0) is 13.0 Å². The van der Waals surface area contributed by atoms with Gasteiger partial charge in [-0.15, -0.1) is 0 Å². The van der Waals surface area contributed by atoms with Crippen molar-refractivity contribution in [2.75, 3.05) is 0 Å². The van der Waals surface area contributed by atoms with E-state index in [0.29, 0.717) is 6.42 Å². The molecule has 0 saturated carbocycles. The van der Waals surface area contributed by atoms with Gasteiger partial charge in [0.15, 0.2) is 17.5 Å². The van der Waals surface area contributed by atoms with Crippen LogP contribution in [0, 0.1) is 17.5 Å². The molecule has 1 unspecified atom stereocenters. The van der Waals surface area contributed by atoms with Gasteiger partial charge >= 0.3 is 0 Å². The molecule has 0 aliphatic rings. The van der Waals surface area contributed by atoms with Gasteiger partial charge in [0.25, 0.3) is 0 Å². The van der Waals surface area contributed by atoms with Crippen LogP contribution in [-0.4, -0.2) is 9.55 Å². The zero-order valence-electron chi connectivity index (χ0n) is 10.4. The van der Waals surface area contributed by atoms with E-state index in [0.717, 1.165) is 24.5 Å². The number of benzene rings is 1. The summed E-state index contributed by atoms with van der Waals surface area (Å²) in [5.41, 5.74) is 6.10. The smallest absolute Gasteiger partial charge is 0.194 e. The van der Waals surface area contributed by atoms with Gasteiger partial charge in [0, 0.05) is 31.4 Å². The number of hydrogen-bond donors (Lipinski definition) is 1. The van der Waals surface area contributed by atoms with Crippen LogP contribution in [0.25, 0.3) is 0 Å². The Morgan fingerprint density at radius 3 is 2.47 bits per heavy atom. The molecule has 1 aromatic carbocycles. The lowest BCUT2D eigenvalue weighted by molar-refractivity contribution is 0.443. The van der Waals surface area contributed by atoms with Crippen molar-refractivity contribution in [3.05, 3.63) is 53.4 Å². The van der Waals surface area contributed by atoms with Gasteiger partial charge < -0.3 is 10.3 Å². The van der Waals surface area contributed by atoms with Gasteiger partial charge in [-0.2, -0.15) is 0 Å². The maximum atomic E-state index is 13.1. The molecule has 1 aromatic heterocycles. The molecule has 0 fully saturated rings. The summed E-state index contributed by atoms with van der Waals surface area (Å²) in [7, 11) is 0. The van der Waals surface area contributed by atoms with E-state index >= 15 is 0 Å². The third-order valence-electron chi connectivity index (χ3n) is 2.98. The summed E-state index contributed by atoms with van der Waals surface area (Å²) in [6.07, 6.45) is 3.76. The molecular weight excluding hydrogens is 255 g/mol. The van der Waals surface area contributed by atoms with Gasteiger partial charge in [0.05, 0.1) is 0 Å². The zero-order chi connectivity index (χ0) is 14.0. The van der Waals surface area contributed by atoms with Crippen LogP contribution in [0.3, 0.4) is 0 Å². The SMILES string of the molecule is CCn1ccnc1CC(N)c1cc(F)c(F)c(F)c1. The lowest BCUT2D eigenvalue weighted by Gasteiger charge is -2.13. The number of hydrogen-bond acceptors (Lipinski definition) is 2. The number of aryl methyl sites for hydroxylation is 1. The van der Waals surface area contributed by atoms with Gasteiger partial charge in [-0.3, -0.25) is 0 Å². The first kappa shape index (κ1) is 13.6. The average Bonchev–Trinajstić information content (AvgIpc) is 2.82. The van der Waals surface area contributed by atoms with E-state index in [1.807, 2.05) is 11.5 Å². The maximum absolute atomic E-state index is 13.1. The first-order valence-corrected chi connectivity index (χ1v) is 5.93. The first-order chi connectivity index (χ1) is 9.02. The predicted octanol–water partition coefficient (Wildman–Crippen LogP) is 2.56. The number of nitrogens with zero attached hydrogens (tertiary/aromatic N) is 2. The second kappa shape index (κ2) is 5.44. The molecule has 6 heteroatoms. The summed E-state index contributed by atoms with van der Waals surface area (Å²) >= 11 is 0. The van der Waals surface area contributed by atoms with E-state index in [1.54, 1.807) is 12.4 Å². The zero-order valence-corrected chi connectivity index (χ0v) is 10.4. The highest BCUT2D eigenvalue weighted by Gasteiger charge is 2.16. The van der Waals surface area contributed by atoms with E-state index in [-0.39, 0.29) is 5.56 Å². The summed E-state index contributed by atoms with van der Waals surface area (Å²) in [5, 5.41) is 0. The molecular formula is C13H14F3N3. The van der Waals surface area contributed by atoms with Crippen LogP contribution in [0.15, 0.2) is 24.5 Å². The number of halogens is 3.